The van der Waals surface area contributed by atoms with Crippen LogP contribution >= 0.6 is 0 Å². The zero-order valence-corrected chi connectivity index (χ0v) is 22.1. The van der Waals surface area contributed by atoms with E-state index in [0.717, 1.165) is 82.5 Å². The third-order valence-corrected chi connectivity index (χ3v) is 8.83. The summed E-state index contributed by atoms with van der Waals surface area (Å²) < 4.78 is 5.52. The van der Waals surface area contributed by atoms with E-state index in [2.05, 4.69) is 46.2 Å². The second-order valence-electron chi connectivity index (χ2n) is 11.8. The van der Waals surface area contributed by atoms with Gasteiger partial charge in [0.2, 0.25) is 0 Å². The molecule has 1 aromatic rings. The van der Waals surface area contributed by atoms with Crippen molar-refractivity contribution in [2.75, 3.05) is 26.3 Å². The number of aromatic amines is 1. The Kier molecular flexibility index (Phi) is 7.39. The minimum atomic E-state index is -0.739. The van der Waals surface area contributed by atoms with Gasteiger partial charge in [-0.2, -0.15) is 5.26 Å². The molecule has 8 nitrogen and oxygen atoms in total. The number of hydrogen-bond donors (Lipinski definition) is 3. The van der Waals surface area contributed by atoms with Crippen molar-refractivity contribution in [3.8, 4) is 6.07 Å². The van der Waals surface area contributed by atoms with Gasteiger partial charge in [-0.15, -0.1) is 0 Å². The van der Waals surface area contributed by atoms with Crippen molar-refractivity contribution in [2.24, 2.45) is 11.3 Å². The maximum Gasteiger partial charge on any atom is 0.291 e. The molecule has 0 spiro atoms. The summed E-state index contributed by atoms with van der Waals surface area (Å²) in [6, 6.07) is 2.47. The van der Waals surface area contributed by atoms with Crippen LogP contribution in [0.5, 0.6) is 0 Å². The third-order valence-electron chi connectivity index (χ3n) is 8.83. The Hall–Kier alpha value is -2.73. The molecule has 1 saturated heterocycles. The molecule has 1 saturated carbocycles. The topological polar surface area (TPSA) is 114 Å². The second-order valence-corrected chi connectivity index (χ2v) is 11.8. The molecule has 4 aliphatic rings. The normalized spacial score (nSPS) is 30.5. The second kappa shape index (κ2) is 10.6. The summed E-state index contributed by atoms with van der Waals surface area (Å²) in [5.41, 5.74) is 2.88. The highest BCUT2D eigenvalue weighted by Gasteiger charge is 2.42. The largest absolute Gasteiger partial charge is 0.389 e. The van der Waals surface area contributed by atoms with E-state index < -0.39 is 5.60 Å². The number of carbonyl (C=O) groups is 1. The van der Waals surface area contributed by atoms with Crippen molar-refractivity contribution >= 4 is 5.91 Å². The van der Waals surface area contributed by atoms with Crippen molar-refractivity contribution in [3.05, 3.63) is 52.8 Å². The van der Waals surface area contributed by atoms with Gasteiger partial charge in [0.25, 0.3) is 5.91 Å². The average Bonchev–Trinajstić information content (AvgIpc) is 3.40. The average molecular weight is 506 g/mol. The number of ether oxygens (including phenoxy) is 1. The van der Waals surface area contributed by atoms with E-state index in [1.165, 1.54) is 11.8 Å². The molecule has 2 heterocycles. The standard InChI is InChI=1S/C29H39N5O3/c1-28(2)9-5-20(6-10-28)24-17-21(3-4-25(24)33-27(35)26-31-19-22(18-30)32-26)29(36)11-7-23(8-12-29)34-13-15-37-16-14-34/h3-5,19,21,23,36H,6-17H2,1-2H3,(H,31,32)(H,33,35)/t21?,23-,29-. The van der Waals surface area contributed by atoms with Gasteiger partial charge in [-0.1, -0.05) is 26.0 Å². The van der Waals surface area contributed by atoms with Crippen molar-refractivity contribution in [1.29, 1.82) is 5.26 Å². The van der Waals surface area contributed by atoms with E-state index in [-0.39, 0.29) is 28.8 Å². The van der Waals surface area contributed by atoms with Gasteiger partial charge in [-0.3, -0.25) is 9.69 Å². The van der Waals surface area contributed by atoms with Crippen LogP contribution < -0.4 is 5.32 Å². The van der Waals surface area contributed by atoms with Gasteiger partial charge in [0, 0.05) is 36.9 Å². The van der Waals surface area contributed by atoms with Crippen molar-refractivity contribution in [1.82, 2.24) is 20.2 Å². The van der Waals surface area contributed by atoms with Crippen LogP contribution in [0.2, 0.25) is 0 Å². The van der Waals surface area contributed by atoms with Crippen LogP contribution in [0.4, 0.5) is 0 Å². The number of imidazole rings is 1. The molecule has 1 aromatic heterocycles. The monoisotopic (exact) mass is 505 g/mol. The van der Waals surface area contributed by atoms with Crippen LogP contribution in [0.15, 0.2) is 41.3 Å². The summed E-state index contributed by atoms with van der Waals surface area (Å²) in [4.78, 5) is 22.3. The fourth-order valence-corrected chi connectivity index (χ4v) is 6.31. The number of allylic oxidation sites excluding steroid dienone is 4. The number of rotatable bonds is 5. The van der Waals surface area contributed by atoms with E-state index in [9.17, 15) is 9.90 Å². The molecule has 5 rings (SSSR count). The Labute approximate surface area is 219 Å². The first-order valence-electron chi connectivity index (χ1n) is 13.7. The molecule has 0 aromatic carbocycles. The molecule has 8 heteroatoms. The first-order chi connectivity index (χ1) is 17.8. The zero-order chi connectivity index (χ0) is 26.0. The Morgan fingerprint density at radius 2 is 2.03 bits per heavy atom. The van der Waals surface area contributed by atoms with E-state index in [1.54, 1.807) is 0 Å². The predicted octanol–water partition coefficient (Wildman–Crippen LogP) is 3.98. The molecule has 0 radical (unpaired) electrons. The van der Waals surface area contributed by atoms with Crippen LogP contribution in [-0.4, -0.2) is 63.8 Å². The number of nitrogens with one attached hydrogen (secondary N) is 2. The highest BCUT2D eigenvalue weighted by atomic mass is 16.5. The van der Waals surface area contributed by atoms with Crippen LogP contribution in [0.25, 0.3) is 0 Å². The van der Waals surface area contributed by atoms with Crippen molar-refractivity contribution in [2.45, 2.75) is 76.9 Å². The highest BCUT2D eigenvalue weighted by molar-refractivity contribution is 5.92. The summed E-state index contributed by atoms with van der Waals surface area (Å²) in [6.07, 6.45) is 15.1. The third kappa shape index (κ3) is 5.74. The van der Waals surface area contributed by atoms with Crippen LogP contribution in [-0.2, 0) is 4.74 Å². The van der Waals surface area contributed by atoms with Crippen molar-refractivity contribution < 1.29 is 14.6 Å². The highest BCUT2D eigenvalue weighted by Crippen LogP contribution is 2.45. The van der Waals surface area contributed by atoms with Gasteiger partial charge in [-0.25, -0.2) is 4.98 Å². The van der Waals surface area contributed by atoms with Gasteiger partial charge >= 0.3 is 0 Å². The molecule has 1 unspecified atom stereocenters. The molecular formula is C29H39N5O3. The summed E-state index contributed by atoms with van der Waals surface area (Å²) >= 11 is 0. The minimum absolute atomic E-state index is 0.0124. The summed E-state index contributed by atoms with van der Waals surface area (Å²) in [5.74, 6) is -0.227. The lowest BCUT2D eigenvalue weighted by Gasteiger charge is -2.45. The van der Waals surface area contributed by atoms with Crippen LogP contribution in [0.3, 0.4) is 0 Å². The molecule has 1 amide bonds. The molecule has 3 aliphatic carbocycles. The number of nitriles is 1. The lowest BCUT2D eigenvalue weighted by Crippen LogP contribution is -2.50. The number of morpholine rings is 1. The Morgan fingerprint density at radius 3 is 2.68 bits per heavy atom. The molecule has 2 fully saturated rings. The van der Waals surface area contributed by atoms with Crippen LogP contribution in [0.1, 0.15) is 81.5 Å². The van der Waals surface area contributed by atoms with Gasteiger partial charge in [0.1, 0.15) is 6.07 Å². The van der Waals surface area contributed by atoms with Gasteiger partial charge in [-0.05, 0) is 74.0 Å². The SMILES string of the molecule is CC1(C)CC=C(C2=C(NC(=O)c3nc(C#N)c[nH]3)C=CC([C@]3(O)CC[C@H](N4CCOCC4)CC3)C2)CC1. The Balaban J connectivity index is 1.33. The van der Waals surface area contributed by atoms with Gasteiger partial charge in [0.15, 0.2) is 11.5 Å². The first kappa shape index (κ1) is 25.9. The molecule has 1 atom stereocenters. The zero-order valence-electron chi connectivity index (χ0n) is 22.1. The minimum Gasteiger partial charge on any atom is -0.389 e. The fraction of sp³-hybridized carbons (Fsp3) is 0.621. The molecule has 1 aliphatic heterocycles. The van der Waals surface area contributed by atoms with Crippen LogP contribution in [0, 0.1) is 22.7 Å². The van der Waals surface area contributed by atoms with Crippen molar-refractivity contribution in [3.63, 3.8) is 0 Å². The van der Waals surface area contributed by atoms with E-state index in [0.29, 0.717) is 12.5 Å². The number of aliphatic hydroxyl groups is 1. The Morgan fingerprint density at radius 1 is 1.27 bits per heavy atom. The number of hydrogen-bond acceptors (Lipinski definition) is 6. The number of H-pyrrole nitrogens is 1. The predicted molar refractivity (Wildman–Crippen MR) is 140 cm³/mol. The summed E-state index contributed by atoms with van der Waals surface area (Å²) in [5, 5.41) is 23.9. The molecular weight excluding hydrogens is 466 g/mol. The number of nitrogens with zero attached hydrogens (tertiary/aromatic N) is 3. The lowest BCUT2D eigenvalue weighted by molar-refractivity contribution is -0.0637. The smallest absolute Gasteiger partial charge is 0.291 e. The van der Waals surface area contributed by atoms with Gasteiger partial charge in [0.05, 0.1) is 18.8 Å². The molecule has 0 bridgehead atoms. The quantitative estimate of drug-likeness (QED) is 0.558. The summed E-state index contributed by atoms with van der Waals surface area (Å²) in [7, 11) is 0. The lowest BCUT2D eigenvalue weighted by atomic mass is 9.68. The fourth-order valence-electron chi connectivity index (χ4n) is 6.31. The van der Waals surface area contributed by atoms with E-state index >= 15 is 0 Å². The maximum atomic E-state index is 12.9. The van der Waals surface area contributed by atoms with Gasteiger partial charge < -0.3 is 20.1 Å². The van der Waals surface area contributed by atoms with E-state index in [1.807, 2.05) is 12.1 Å². The number of aromatic nitrogens is 2. The number of amides is 1. The first-order valence-corrected chi connectivity index (χ1v) is 13.7. The number of carbonyl (C=O) groups excluding carboxylic acids is 1. The Bertz CT molecular complexity index is 1140. The molecule has 3 N–H and O–H groups in total. The maximum absolute atomic E-state index is 12.9. The summed E-state index contributed by atoms with van der Waals surface area (Å²) in [6.45, 7) is 8.16. The molecule has 198 valence electrons. The van der Waals surface area contributed by atoms with E-state index in [4.69, 9.17) is 10.00 Å². The molecule has 37 heavy (non-hydrogen) atoms.